The van der Waals surface area contributed by atoms with Crippen LogP contribution >= 0.6 is 0 Å². The van der Waals surface area contributed by atoms with E-state index in [-0.39, 0.29) is 17.2 Å². The molecule has 5 heteroatoms. The van der Waals surface area contributed by atoms with Crippen molar-refractivity contribution in [3.63, 3.8) is 0 Å². The lowest BCUT2D eigenvalue weighted by Crippen LogP contribution is -2.57. The molecule has 0 saturated heterocycles. The summed E-state index contributed by atoms with van der Waals surface area (Å²) >= 11 is 0. The Morgan fingerprint density at radius 3 is 2.65 bits per heavy atom. The Bertz CT molecular complexity index is 543. The fourth-order valence-electron chi connectivity index (χ4n) is 2.80. The zero-order chi connectivity index (χ0) is 15.1. The minimum atomic E-state index is -0.409. The Labute approximate surface area is 118 Å². The molecular weight excluding hydrogens is 258 g/mol. The van der Waals surface area contributed by atoms with Crippen LogP contribution in [0.25, 0.3) is 0 Å². The summed E-state index contributed by atoms with van der Waals surface area (Å²) in [5.74, 6) is 0.331. The van der Waals surface area contributed by atoms with Gasteiger partial charge in [0.15, 0.2) is 5.75 Å². The average Bonchev–Trinajstić information content (AvgIpc) is 2.38. The second kappa shape index (κ2) is 5.05. The zero-order valence-corrected chi connectivity index (χ0v) is 12.3. The number of aliphatic hydroxyl groups excluding tert-OH is 1. The molecule has 0 heterocycles. The van der Waals surface area contributed by atoms with Gasteiger partial charge in [0, 0.05) is 17.9 Å². The standard InChI is InChI=1S/C15H21NO4/c1-5-15(4)12(17)8-13(15)20-14-10(3)6-9(2)7-11(14)16(18)19/h6-7,12-13,17H,5,8H2,1-4H3. The van der Waals surface area contributed by atoms with E-state index < -0.39 is 11.0 Å². The van der Waals surface area contributed by atoms with Crippen LogP contribution in [0, 0.1) is 29.4 Å². The van der Waals surface area contributed by atoms with E-state index >= 15 is 0 Å². The number of aliphatic hydroxyl groups is 1. The summed E-state index contributed by atoms with van der Waals surface area (Å²) in [7, 11) is 0. The molecule has 0 aliphatic heterocycles. The molecule has 0 radical (unpaired) electrons. The molecule has 1 aromatic carbocycles. The van der Waals surface area contributed by atoms with Gasteiger partial charge < -0.3 is 9.84 Å². The molecule has 1 N–H and O–H groups in total. The highest BCUT2D eigenvalue weighted by atomic mass is 16.6. The quantitative estimate of drug-likeness (QED) is 0.678. The number of nitro benzene ring substituents is 1. The predicted molar refractivity (Wildman–Crippen MR) is 76.0 cm³/mol. The van der Waals surface area contributed by atoms with E-state index in [9.17, 15) is 15.2 Å². The van der Waals surface area contributed by atoms with Gasteiger partial charge in [0.25, 0.3) is 0 Å². The summed E-state index contributed by atoms with van der Waals surface area (Å²) in [5.41, 5.74) is 1.28. The predicted octanol–water partition coefficient (Wildman–Crippen LogP) is 3.14. The molecule has 2 rings (SSSR count). The summed E-state index contributed by atoms with van der Waals surface area (Å²) in [6.07, 6.45) is 0.719. The number of hydrogen-bond donors (Lipinski definition) is 1. The molecule has 5 nitrogen and oxygen atoms in total. The number of rotatable bonds is 4. The monoisotopic (exact) mass is 279 g/mol. The molecule has 1 aliphatic carbocycles. The number of aryl methyl sites for hydroxylation is 2. The highest BCUT2D eigenvalue weighted by molar-refractivity contribution is 5.53. The van der Waals surface area contributed by atoms with E-state index in [0.29, 0.717) is 12.2 Å². The largest absolute Gasteiger partial charge is 0.483 e. The van der Waals surface area contributed by atoms with Gasteiger partial charge in [0.2, 0.25) is 0 Å². The minimum absolute atomic E-state index is 0.00217. The van der Waals surface area contributed by atoms with Gasteiger partial charge in [0.05, 0.1) is 11.0 Å². The van der Waals surface area contributed by atoms with Gasteiger partial charge in [-0.2, -0.15) is 0 Å². The molecule has 1 saturated carbocycles. The third kappa shape index (κ3) is 2.26. The van der Waals surface area contributed by atoms with Crippen molar-refractivity contribution in [3.05, 3.63) is 33.4 Å². The van der Waals surface area contributed by atoms with Gasteiger partial charge in [-0.25, -0.2) is 0 Å². The van der Waals surface area contributed by atoms with Gasteiger partial charge in [-0.3, -0.25) is 10.1 Å². The summed E-state index contributed by atoms with van der Waals surface area (Å²) < 4.78 is 5.90. The molecule has 3 atom stereocenters. The van der Waals surface area contributed by atoms with Crippen molar-refractivity contribution in [2.24, 2.45) is 5.41 Å². The topological polar surface area (TPSA) is 72.6 Å². The van der Waals surface area contributed by atoms with Crippen LogP contribution in [0.1, 0.15) is 37.8 Å². The first kappa shape index (κ1) is 14.8. The number of nitrogens with zero attached hydrogens (tertiary/aromatic N) is 1. The first-order chi connectivity index (χ1) is 9.29. The van der Waals surface area contributed by atoms with Gasteiger partial charge in [0.1, 0.15) is 6.10 Å². The second-order valence-corrected chi connectivity index (χ2v) is 5.90. The van der Waals surface area contributed by atoms with Crippen LogP contribution < -0.4 is 4.74 Å². The van der Waals surface area contributed by atoms with E-state index in [1.54, 1.807) is 0 Å². The van der Waals surface area contributed by atoms with Crippen LogP contribution in [0.2, 0.25) is 0 Å². The molecule has 1 fully saturated rings. The van der Waals surface area contributed by atoms with Crippen molar-refractivity contribution < 1.29 is 14.8 Å². The van der Waals surface area contributed by atoms with E-state index in [1.807, 2.05) is 33.8 Å². The first-order valence-corrected chi connectivity index (χ1v) is 6.90. The van der Waals surface area contributed by atoms with Gasteiger partial charge in [-0.15, -0.1) is 0 Å². The van der Waals surface area contributed by atoms with Gasteiger partial charge in [-0.05, 0) is 31.4 Å². The number of benzene rings is 1. The van der Waals surface area contributed by atoms with E-state index in [0.717, 1.165) is 17.5 Å². The van der Waals surface area contributed by atoms with Crippen molar-refractivity contribution in [1.29, 1.82) is 0 Å². The van der Waals surface area contributed by atoms with Crippen LogP contribution in [0.3, 0.4) is 0 Å². The van der Waals surface area contributed by atoms with Crippen LogP contribution in [0.5, 0.6) is 5.75 Å². The first-order valence-electron chi connectivity index (χ1n) is 6.90. The normalized spacial score (nSPS) is 28.9. The second-order valence-electron chi connectivity index (χ2n) is 5.90. The minimum Gasteiger partial charge on any atom is -0.483 e. The Kier molecular flexibility index (Phi) is 3.73. The average molecular weight is 279 g/mol. The number of hydrogen-bond acceptors (Lipinski definition) is 4. The van der Waals surface area contributed by atoms with Crippen LogP contribution in [0.4, 0.5) is 5.69 Å². The van der Waals surface area contributed by atoms with Gasteiger partial charge in [-0.1, -0.05) is 19.9 Å². The third-order valence-corrected chi connectivity index (χ3v) is 4.55. The van der Waals surface area contributed by atoms with Crippen LogP contribution in [-0.4, -0.2) is 22.2 Å². The fraction of sp³-hybridized carbons (Fsp3) is 0.600. The SMILES string of the molecule is CCC1(C)C(O)CC1Oc1c(C)cc(C)cc1[N+](=O)[O-]. The molecule has 3 unspecified atom stereocenters. The Morgan fingerprint density at radius 1 is 1.50 bits per heavy atom. The summed E-state index contributed by atoms with van der Waals surface area (Å²) in [6, 6.07) is 3.40. The summed E-state index contributed by atoms with van der Waals surface area (Å²) in [6.45, 7) is 7.59. The number of ether oxygens (including phenoxy) is 1. The van der Waals surface area contributed by atoms with Crippen molar-refractivity contribution in [1.82, 2.24) is 0 Å². The van der Waals surface area contributed by atoms with Gasteiger partial charge >= 0.3 is 5.69 Å². The lowest BCUT2D eigenvalue weighted by Gasteiger charge is -2.50. The molecule has 0 spiro atoms. The molecular formula is C15H21NO4. The van der Waals surface area contributed by atoms with Crippen molar-refractivity contribution in [2.75, 3.05) is 0 Å². The molecule has 0 amide bonds. The summed E-state index contributed by atoms with van der Waals surface area (Å²) in [5, 5.41) is 21.1. The van der Waals surface area contributed by atoms with E-state index in [1.165, 1.54) is 6.07 Å². The van der Waals surface area contributed by atoms with E-state index in [4.69, 9.17) is 4.74 Å². The lowest BCUT2D eigenvalue weighted by molar-refractivity contribution is -0.386. The lowest BCUT2D eigenvalue weighted by atomic mass is 9.63. The fourth-order valence-corrected chi connectivity index (χ4v) is 2.80. The Morgan fingerprint density at radius 2 is 2.15 bits per heavy atom. The molecule has 1 aromatic rings. The molecule has 0 aromatic heterocycles. The Hall–Kier alpha value is -1.62. The third-order valence-electron chi connectivity index (χ3n) is 4.55. The van der Waals surface area contributed by atoms with Crippen molar-refractivity contribution in [2.45, 2.75) is 52.7 Å². The highest BCUT2D eigenvalue weighted by Crippen LogP contribution is 2.47. The van der Waals surface area contributed by atoms with Crippen molar-refractivity contribution in [3.8, 4) is 5.75 Å². The van der Waals surface area contributed by atoms with E-state index in [2.05, 4.69) is 0 Å². The molecule has 0 bridgehead atoms. The maximum atomic E-state index is 11.2. The molecule has 110 valence electrons. The van der Waals surface area contributed by atoms with Crippen molar-refractivity contribution >= 4 is 5.69 Å². The number of nitro groups is 1. The zero-order valence-electron chi connectivity index (χ0n) is 12.3. The summed E-state index contributed by atoms with van der Waals surface area (Å²) in [4.78, 5) is 10.8. The smallest absolute Gasteiger partial charge is 0.311 e. The maximum absolute atomic E-state index is 11.2. The Balaban J connectivity index is 2.33. The van der Waals surface area contributed by atoms with Crippen LogP contribution in [-0.2, 0) is 0 Å². The molecule has 1 aliphatic rings. The molecule has 20 heavy (non-hydrogen) atoms. The highest BCUT2D eigenvalue weighted by Gasteiger charge is 2.52. The maximum Gasteiger partial charge on any atom is 0.311 e. The van der Waals surface area contributed by atoms with Crippen LogP contribution in [0.15, 0.2) is 12.1 Å².